The molecule has 0 bridgehead atoms. The van der Waals surface area contributed by atoms with Gasteiger partial charge in [-0.3, -0.25) is 4.79 Å². The van der Waals surface area contributed by atoms with Gasteiger partial charge in [0.1, 0.15) is 12.4 Å². The molecule has 1 amide bonds. The van der Waals surface area contributed by atoms with Crippen molar-refractivity contribution in [2.24, 2.45) is 0 Å². The maximum Gasteiger partial charge on any atom is 0.251 e. The Morgan fingerprint density at radius 1 is 0.900 bits per heavy atom. The van der Waals surface area contributed by atoms with Gasteiger partial charge < -0.3 is 10.1 Å². The summed E-state index contributed by atoms with van der Waals surface area (Å²) < 4.78 is 6.81. The molecule has 0 aromatic heterocycles. The molecule has 0 saturated carbocycles. The molecule has 30 heavy (non-hydrogen) atoms. The van der Waals surface area contributed by atoms with Crippen LogP contribution in [0.5, 0.6) is 5.75 Å². The van der Waals surface area contributed by atoms with Crippen molar-refractivity contribution in [1.29, 1.82) is 0 Å². The Hall–Kier alpha value is -2.59. The molecule has 0 aliphatic heterocycles. The van der Waals surface area contributed by atoms with Crippen LogP contribution in [0.15, 0.2) is 77.3 Å². The highest BCUT2D eigenvalue weighted by Crippen LogP contribution is 2.22. The fourth-order valence-corrected chi connectivity index (χ4v) is 3.49. The molecule has 0 aliphatic rings. The highest BCUT2D eigenvalue weighted by atomic mass is 79.9. The van der Waals surface area contributed by atoms with E-state index >= 15 is 0 Å². The number of carbonyl (C=O) groups excluding carboxylic acids is 1. The number of hydrogen-bond acceptors (Lipinski definition) is 2. The van der Waals surface area contributed by atoms with Crippen LogP contribution in [0.2, 0.25) is 0 Å². The van der Waals surface area contributed by atoms with Crippen molar-refractivity contribution in [1.82, 2.24) is 5.32 Å². The SMILES string of the molecule is CC[C@H](NC(=O)c1ccc(COc2ccc(Br)cc2)cc1)c1ccc(C(C)C)cc1. The predicted octanol–water partition coefficient (Wildman–Crippen LogP) is 7.03. The average molecular weight is 466 g/mol. The predicted molar refractivity (Wildman–Crippen MR) is 126 cm³/mol. The Morgan fingerprint density at radius 3 is 2.07 bits per heavy atom. The first-order chi connectivity index (χ1) is 14.5. The largest absolute Gasteiger partial charge is 0.489 e. The zero-order valence-electron chi connectivity index (χ0n) is 17.7. The average Bonchev–Trinajstić information content (AvgIpc) is 2.77. The van der Waals surface area contributed by atoms with Crippen LogP contribution in [-0.4, -0.2) is 5.91 Å². The Kier molecular flexibility index (Phi) is 7.69. The van der Waals surface area contributed by atoms with Gasteiger partial charge in [0.25, 0.3) is 5.91 Å². The van der Waals surface area contributed by atoms with Crippen LogP contribution in [0.4, 0.5) is 0 Å². The van der Waals surface area contributed by atoms with Crippen LogP contribution in [0.3, 0.4) is 0 Å². The second kappa shape index (κ2) is 10.4. The minimum atomic E-state index is -0.0600. The van der Waals surface area contributed by atoms with E-state index in [9.17, 15) is 4.79 Å². The number of benzene rings is 3. The quantitative estimate of drug-likeness (QED) is 0.387. The summed E-state index contributed by atoms with van der Waals surface area (Å²) in [4.78, 5) is 12.7. The Morgan fingerprint density at radius 2 is 1.50 bits per heavy atom. The molecule has 0 fully saturated rings. The van der Waals surface area contributed by atoms with Gasteiger partial charge in [0.15, 0.2) is 0 Å². The number of amides is 1. The van der Waals surface area contributed by atoms with Crippen LogP contribution in [0.25, 0.3) is 0 Å². The standard InChI is InChI=1S/C26H28BrNO2/c1-4-25(21-11-9-20(10-12-21)18(2)3)28-26(29)22-7-5-19(6-8-22)17-30-24-15-13-23(27)14-16-24/h5-16,18,25H,4,17H2,1-3H3,(H,28,29)/t25-/m0/s1. The first-order valence-electron chi connectivity index (χ1n) is 10.3. The number of halogens is 1. The van der Waals surface area contributed by atoms with Gasteiger partial charge in [0, 0.05) is 10.0 Å². The van der Waals surface area contributed by atoms with E-state index in [1.807, 2.05) is 48.5 Å². The van der Waals surface area contributed by atoms with E-state index in [1.165, 1.54) is 5.56 Å². The van der Waals surface area contributed by atoms with Crippen molar-refractivity contribution < 1.29 is 9.53 Å². The van der Waals surface area contributed by atoms with Crippen molar-refractivity contribution in [2.45, 2.75) is 45.8 Å². The topological polar surface area (TPSA) is 38.3 Å². The Labute approximate surface area is 187 Å². The molecule has 0 saturated heterocycles. The number of nitrogens with one attached hydrogen (secondary N) is 1. The highest BCUT2D eigenvalue weighted by Gasteiger charge is 2.14. The van der Waals surface area contributed by atoms with Gasteiger partial charge in [-0.05, 0) is 65.4 Å². The molecule has 0 radical (unpaired) electrons. The summed E-state index contributed by atoms with van der Waals surface area (Å²) in [5, 5.41) is 3.16. The Balaban J connectivity index is 1.59. The number of carbonyl (C=O) groups is 1. The molecular formula is C26H28BrNO2. The lowest BCUT2D eigenvalue weighted by atomic mass is 9.98. The molecule has 1 atom stereocenters. The minimum absolute atomic E-state index is 0.000809. The minimum Gasteiger partial charge on any atom is -0.489 e. The number of rotatable bonds is 8. The normalized spacial score (nSPS) is 11.9. The summed E-state index contributed by atoms with van der Waals surface area (Å²) >= 11 is 3.42. The molecule has 0 unspecified atom stereocenters. The molecule has 0 spiro atoms. The first kappa shape index (κ1) is 22.1. The molecule has 156 valence electrons. The molecular weight excluding hydrogens is 438 g/mol. The van der Waals surface area contributed by atoms with E-state index in [0.29, 0.717) is 18.1 Å². The van der Waals surface area contributed by atoms with Crippen LogP contribution in [0.1, 0.15) is 66.2 Å². The summed E-state index contributed by atoms with van der Waals surface area (Å²) in [7, 11) is 0. The number of ether oxygens (including phenoxy) is 1. The second-order valence-electron chi connectivity index (χ2n) is 7.70. The zero-order chi connectivity index (χ0) is 21.5. The van der Waals surface area contributed by atoms with Gasteiger partial charge in [-0.25, -0.2) is 0 Å². The summed E-state index contributed by atoms with van der Waals surface area (Å²) in [5.41, 5.74) is 4.11. The van der Waals surface area contributed by atoms with E-state index in [2.05, 4.69) is 66.3 Å². The smallest absolute Gasteiger partial charge is 0.251 e. The summed E-state index contributed by atoms with van der Waals surface area (Å²) in [5.74, 6) is 1.25. The fourth-order valence-electron chi connectivity index (χ4n) is 3.23. The molecule has 3 nitrogen and oxygen atoms in total. The van der Waals surface area contributed by atoms with Gasteiger partial charge in [-0.15, -0.1) is 0 Å². The van der Waals surface area contributed by atoms with Crippen molar-refractivity contribution in [3.05, 3.63) is 99.5 Å². The van der Waals surface area contributed by atoms with E-state index < -0.39 is 0 Å². The summed E-state index contributed by atoms with van der Waals surface area (Å²) in [6.45, 7) is 6.91. The van der Waals surface area contributed by atoms with Crippen LogP contribution in [-0.2, 0) is 6.61 Å². The van der Waals surface area contributed by atoms with Crippen LogP contribution < -0.4 is 10.1 Å². The van der Waals surface area contributed by atoms with Crippen LogP contribution in [0, 0.1) is 0 Å². The van der Waals surface area contributed by atoms with E-state index in [4.69, 9.17) is 4.74 Å². The lowest BCUT2D eigenvalue weighted by molar-refractivity contribution is 0.0935. The van der Waals surface area contributed by atoms with Crippen molar-refractivity contribution in [3.8, 4) is 5.75 Å². The maximum absolute atomic E-state index is 12.7. The van der Waals surface area contributed by atoms with Gasteiger partial charge in [-0.1, -0.05) is 73.1 Å². The van der Waals surface area contributed by atoms with E-state index in [1.54, 1.807) is 0 Å². The summed E-state index contributed by atoms with van der Waals surface area (Å²) in [6, 6.07) is 23.8. The molecule has 0 heterocycles. The fraction of sp³-hybridized carbons (Fsp3) is 0.269. The van der Waals surface area contributed by atoms with Crippen molar-refractivity contribution in [3.63, 3.8) is 0 Å². The third-order valence-corrected chi connectivity index (χ3v) is 5.68. The van der Waals surface area contributed by atoms with Crippen molar-refractivity contribution >= 4 is 21.8 Å². The van der Waals surface area contributed by atoms with Gasteiger partial charge in [-0.2, -0.15) is 0 Å². The van der Waals surface area contributed by atoms with Gasteiger partial charge in [0.2, 0.25) is 0 Å². The second-order valence-corrected chi connectivity index (χ2v) is 8.61. The molecule has 4 heteroatoms. The summed E-state index contributed by atoms with van der Waals surface area (Å²) in [6.07, 6.45) is 0.839. The molecule has 3 rings (SSSR count). The lowest BCUT2D eigenvalue weighted by Gasteiger charge is -2.18. The van der Waals surface area contributed by atoms with Crippen LogP contribution >= 0.6 is 15.9 Å². The molecule has 3 aromatic rings. The van der Waals surface area contributed by atoms with Gasteiger partial charge >= 0.3 is 0 Å². The highest BCUT2D eigenvalue weighted by molar-refractivity contribution is 9.10. The Bertz CT molecular complexity index is 948. The molecule has 0 aliphatic carbocycles. The number of hydrogen-bond donors (Lipinski definition) is 1. The molecule has 1 N–H and O–H groups in total. The zero-order valence-corrected chi connectivity index (χ0v) is 19.3. The van der Waals surface area contributed by atoms with E-state index in [-0.39, 0.29) is 11.9 Å². The third-order valence-electron chi connectivity index (χ3n) is 5.15. The monoisotopic (exact) mass is 465 g/mol. The maximum atomic E-state index is 12.7. The third kappa shape index (κ3) is 5.96. The molecule has 3 aromatic carbocycles. The van der Waals surface area contributed by atoms with Gasteiger partial charge in [0.05, 0.1) is 6.04 Å². The lowest BCUT2D eigenvalue weighted by Crippen LogP contribution is -2.28. The van der Waals surface area contributed by atoms with Crippen molar-refractivity contribution in [2.75, 3.05) is 0 Å². The van der Waals surface area contributed by atoms with E-state index in [0.717, 1.165) is 27.8 Å². The first-order valence-corrected chi connectivity index (χ1v) is 11.1.